The Bertz CT molecular complexity index is 766. The maximum atomic E-state index is 12.6. The minimum absolute atomic E-state index is 0.0128. The van der Waals surface area contributed by atoms with E-state index < -0.39 is 11.5 Å². The molecule has 0 fully saturated rings. The summed E-state index contributed by atoms with van der Waals surface area (Å²) in [4.78, 5) is 25.2. The summed E-state index contributed by atoms with van der Waals surface area (Å²) in [5, 5.41) is 2.85. The van der Waals surface area contributed by atoms with E-state index in [1.807, 2.05) is 42.5 Å². The molecule has 2 aromatic rings. The normalized spacial score (nSPS) is 12.9. The molecular formula is C21H24BrNO4. The Morgan fingerprint density at radius 3 is 2.44 bits per heavy atom. The van der Waals surface area contributed by atoms with Crippen LogP contribution in [0.25, 0.3) is 0 Å². The third kappa shape index (κ3) is 5.65. The average Bonchev–Trinajstić information content (AvgIpc) is 2.67. The number of rotatable bonds is 9. The Labute approximate surface area is 168 Å². The van der Waals surface area contributed by atoms with E-state index in [2.05, 4.69) is 21.2 Å². The van der Waals surface area contributed by atoms with Gasteiger partial charge in [-0.1, -0.05) is 58.4 Å². The molecule has 0 aliphatic heterocycles. The zero-order valence-corrected chi connectivity index (χ0v) is 17.1. The van der Waals surface area contributed by atoms with Crippen molar-refractivity contribution in [3.8, 4) is 0 Å². The predicted molar refractivity (Wildman–Crippen MR) is 107 cm³/mol. The quantitative estimate of drug-likeness (QED) is 0.613. The molecule has 0 aromatic heterocycles. The van der Waals surface area contributed by atoms with Gasteiger partial charge in [-0.25, -0.2) is 4.79 Å². The molecule has 1 amide bonds. The molecule has 2 rings (SSSR count). The number of halogens is 1. The standard InChI is InChI=1S/C21H24BrNO4/c1-26-15-21(20(25)27-2,17-10-4-3-5-11-17)23-19(24)13-7-9-16-8-6-12-18(22)14-16/h3-6,8,10-12,14H,7,9,13,15H2,1-2H3,(H,23,24). The van der Waals surface area contributed by atoms with Crippen molar-refractivity contribution in [3.63, 3.8) is 0 Å². The van der Waals surface area contributed by atoms with E-state index in [0.717, 1.165) is 16.5 Å². The maximum absolute atomic E-state index is 12.6. The molecule has 6 heteroatoms. The highest BCUT2D eigenvalue weighted by atomic mass is 79.9. The van der Waals surface area contributed by atoms with Gasteiger partial charge in [-0.2, -0.15) is 0 Å². The van der Waals surface area contributed by atoms with Crippen molar-refractivity contribution in [2.75, 3.05) is 20.8 Å². The third-order valence-corrected chi connectivity index (χ3v) is 4.77. The van der Waals surface area contributed by atoms with Gasteiger partial charge >= 0.3 is 5.97 Å². The smallest absolute Gasteiger partial charge is 0.338 e. The fourth-order valence-electron chi connectivity index (χ4n) is 2.98. The summed E-state index contributed by atoms with van der Waals surface area (Å²) in [6.07, 6.45) is 1.73. The van der Waals surface area contributed by atoms with Gasteiger partial charge in [0.1, 0.15) is 0 Å². The summed E-state index contributed by atoms with van der Waals surface area (Å²) in [6.45, 7) is -0.0128. The molecule has 0 saturated carbocycles. The number of aryl methyl sites for hydroxylation is 1. The zero-order valence-electron chi connectivity index (χ0n) is 15.5. The van der Waals surface area contributed by atoms with Crippen LogP contribution >= 0.6 is 15.9 Å². The number of carbonyl (C=O) groups is 2. The second-order valence-corrected chi connectivity index (χ2v) is 7.14. The fraction of sp³-hybridized carbons (Fsp3) is 0.333. The van der Waals surface area contributed by atoms with Crippen LogP contribution in [-0.2, 0) is 31.0 Å². The molecular weight excluding hydrogens is 410 g/mol. The Morgan fingerprint density at radius 2 is 1.81 bits per heavy atom. The third-order valence-electron chi connectivity index (χ3n) is 4.27. The summed E-state index contributed by atoms with van der Waals surface area (Å²) in [5.41, 5.74) is 0.410. The fourth-order valence-corrected chi connectivity index (χ4v) is 3.43. The van der Waals surface area contributed by atoms with Crippen LogP contribution < -0.4 is 5.32 Å². The second kappa shape index (κ2) is 10.2. The Hall–Kier alpha value is -2.18. The van der Waals surface area contributed by atoms with Crippen LogP contribution in [0.5, 0.6) is 0 Å². The van der Waals surface area contributed by atoms with E-state index in [1.54, 1.807) is 12.1 Å². The zero-order chi connectivity index (χ0) is 19.7. The van der Waals surface area contributed by atoms with E-state index in [-0.39, 0.29) is 12.5 Å². The number of carbonyl (C=O) groups excluding carboxylic acids is 2. The van der Waals surface area contributed by atoms with Crippen molar-refractivity contribution in [1.29, 1.82) is 0 Å². The lowest BCUT2D eigenvalue weighted by molar-refractivity contribution is -0.154. The number of methoxy groups -OCH3 is 2. The predicted octanol–water partition coefficient (Wildman–Crippen LogP) is 3.60. The monoisotopic (exact) mass is 433 g/mol. The molecule has 2 aromatic carbocycles. The van der Waals surface area contributed by atoms with E-state index in [0.29, 0.717) is 18.4 Å². The van der Waals surface area contributed by atoms with E-state index in [1.165, 1.54) is 14.2 Å². The molecule has 0 radical (unpaired) electrons. The van der Waals surface area contributed by atoms with Gasteiger partial charge in [-0.3, -0.25) is 4.79 Å². The molecule has 0 aliphatic carbocycles. The molecule has 144 valence electrons. The van der Waals surface area contributed by atoms with Gasteiger partial charge in [-0.05, 0) is 36.1 Å². The highest BCUT2D eigenvalue weighted by Crippen LogP contribution is 2.24. The van der Waals surface area contributed by atoms with Crippen LogP contribution in [0.2, 0.25) is 0 Å². The number of ether oxygens (including phenoxy) is 2. The van der Waals surface area contributed by atoms with Crippen molar-refractivity contribution in [2.24, 2.45) is 0 Å². The molecule has 0 aliphatic rings. The first-order valence-electron chi connectivity index (χ1n) is 8.70. The summed E-state index contributed by atoms with van der Waals surface area (Å²) in [6, 6.07) is 17.0. The van der Waals surface area contributed by atoms with Crippen LogP contribution in [-0.4, -0.2) is 32.7 Å². The van der Waals surface area contributed by atoms with Crippen molar-refractivity contribution in [2.45, 2.75) is 24.8 Å². The number of hydrogen-bond donors (Lipinski definition) is 1. The van der Waals surface area contributed by atoms with E-state index in [9.17, 15) is 9.59 Å². The summed E-state index contributed by atoms with van der Waals surface area (Å²) < 4.78 is 11.2. The highest BCUT2D eigenvalue weighted by Gasteiger charge is 2.43. The number of benzene rings is 2. The van der Waals surface area contributed by atoms with Crippen LogP contribution in [0.1, 0.15) is 24.0 Å². The molecule has 0 heterocycles. The van der Waals surface area contributed by atoms with Crippen molar-refractivity contribution in [3.05, 3.63) is 70.2 Å². The summed E-state index contributed by atoms with van der Waals surface area (Å²) >= 11 is 3.45. The largest absolute Gasteiger partial charge is 0.467 e. The van der Waals surface area contributed by atoms with Crippen molar-refractivity contribution >= 4 is 27.8 Å². The average molecular weight is 434 g/mol. The first-order valence-corrected chi connectivity index (χ1v) is 9.49. The van der Waals surface area contributed by atoms with Crippen LogP contribution in [0, 0.1) is 0 Å². The minimum atomic E-state index is -1.36. The van der Waals surface area contributed by atoms with Gasteiger partial charge < -0.3 is 14.8 Å². The number of nitrogens with one attached hydrogen (secondary N) is 1. The molecule has 5 nitrogen and oxygen atoms in total. The molecule has 1 atom stereocenters. The van der Waals surface area contributed by atoms with Crippen molar-refractivity contribution < 1.29 is 19.1 Å². The molecule has 0 saturated heterocycles. The summed E-state index contributed by atoms with van der Waals surface area (Å²) in [5.74, 6) is -0.785. The summed E-state index contributed by atoms with van der Waals surface area (Å²) in [7, 11) is 2.79. The Morgan fingerprint density at radius 1 is 1.07 bits per heavy atom. The number of esters is 1. The molecule has 0 spiro atoms. The Kier molecular flexibility index (Phi) is 8.00. The molecule has 1 N–H and O–H groups in total. The molecule has 0 bridgehead atoms. The SMILES string of the molecule is COCC(NC(=O)CCCc1cccc(Br)c1)(C(=O)OC)c1ccccc1. The first kappa shape index (κ1) is 21.1. The lowest BCUT2D eigenvalue weighted by Gasteiger charge is -2.31. The molecule has 1 unspecified atom stereocenters. The second-order valence-electron chi connectivity index (χ2n) is 6.23. The number of hydrogen-bond acceptors (Lipinski definition) is 4. The highest BCUT2D eigenvalue weighted by molar-refractivity contribution is 9.10. The van der Waals surface area contributed by atoms with Crippen molar-refractivity contribution in [1.82, 2.24) is 5.32 Å². The van der Waals surface area contributed by atoms with Gasteiger partial charge in [0.25, 0.3) is 0 Å². The topological polar surface area (TPSA) is 64.6 Å². The van der Waals surface area contributed by atoms with Gasteiger partial charge in [0.2, 0.25) is 5.91 Å². The van der Waals surface area contributed by atoms with E-state index in [4.69, 9.17) is 9.47 Å². The van der Waals surface area contributed by atoms with E-state index >= 15 is 0 Å². The minimum Gasteiger partial charge on any atom is -0.467 e. The van der Waals surface area contributed by atoms with Crippen LogP contribution in [0.15, 0.2) is 59.1 Å². The first-order chi connectivity index (χ1) is 13.0. The molecule has 27 heavy (non-hydrogen) atoms. The lowest BCUT2D eigenvalue weighted by atomic mass is 9.90. The van der Waals surface area contributed by atoms with Gasteiger partial charge in [0.05, 0.1) is 13.7 Å². The Balaban J connectivity index is 2.09. The lowest BCUT2D eigenvalue weighted by Crippen LogP contribution is -2.55. The van der Waals surface area contributed by atoms with Gasteiger partial charge in [0, 0.05) is 18.0 Å². The van der Waals surface area contributed by atoms with Crippen LogP contribution in [0.4, 0.5) is 0 Å². The van der Waals surface area contributed by atoms with Gasteiger partial charge in [0.15, 0.2) is 5.54 Å². The van der Waals surface area contributed by atoms with Crippen LogP contribution in [0.3, 0.4) is 0 Å². The maximum Gasteiger partial charge on any atom is 0.338 e. The number of amides is 1. The van der Waals surface area contributed by atoms with Gasteiger partial charge in [-0.15, -0.1) is 0 Å².